The number of amides is 1. The quantitative estimate of drug-likeness (QED) is 0.342. The Hall–Kier alpha value is -1.56. The summed E-state index contributed by atoms with van der Waals surface area (Å²) in [6.07, 6.45) is 1.20. The summed E-state index contributed by atoms with van der Waals surface area (Å²) >= 11 is 3.38. The number of halogens is 1. The first-order chi connectivity index (χ1) is 9.39. The molecule has 1 aromatic rings. The van der Waals surface area contributed by atoms with Gasteiger partial charge in [-0.25, -0.2) is 0 Å². The van der Waals surface area contributed by atoms with Crippen molar-refractivity contribution in [2.75, 3.05) is 5.32 Å². The molecule has 0 aromatic heterocycles. The predicted octanol–water partition coefficient (Wildman–Crippen LogP) is 2.86. The number of nitrogens with one attached hydrogen (secondary N) is 1. The van der Waals surface area contributed by atoms with Crippen molar-refractivity contribution >= 4 is 33.4 Å². The Morgan fingerprint density at radius 1 is 1.55 bits per heavy atom. The third-order valence-corrected chi connectivity index (χ3v) is 4.36. The fraction of sp³-hybridized carbons (Fsp3) is 0.429. The number of hydrogen-bond acceptors (Lipinski definition) is 3. The summed E-state index contributed by atoms with van der Waals surface area (Å²) in [5, 5.41) is 14.8. The van der Waals surface area contributed by atoms with Gasteiger partial charge in [-0.2, -0.15) is 0 Å². The van der Waals surface area contributed by atoms with Crippen molar-refractivity contribution in [3.8, 4) is 0 Å². The molecule has 0 unspecified atom stereocenters. The van der Waals surface area contributed by atoms with Crippen LogP contribution in [0.1, 0.15) is 25.3 Å². The standard InChI is InChI=1S/C14H18BrN3O2/c1-8-6-14(7-8,12(16)18-20)13(19)17-11-4-3-10(15)5-9(11)2/h3-5,8,20H,6-7H2,1-2H3,(H2,16,18)(H,17,19). The molecule has 0 spiro atoms. The van der Waals surface area contributed by atoms with E-state index in [4.69, 9.17) is 10.9 Å². The van der Waals surface area contributed by atoms with Gasteiger partial charge in [-0.1, -0.05) is 28.0 Å². The molecule has 6 heteroatoms. The number of carbonyl (C=O) groups is 1. The van der Waals surface area contributed by atoms with E-state index in [1.54, 1.807) is 0 Å². The molecule has 1 aliphatic carbocycles. The molecule has 20 heavy (non-hydrogen) atoms. The van der Waals surface area contributed by atoms with E-state index in [0.717, 1.165) is 15.7 Å². The first-order valence-corrected chi connectivity index (χ1v) is 7.24. The van der Waals surface area contributed by atoms with E-state index < -0.39 is 5.41 Å². The van der Waals surface area contributed by atoms with Gasteiger partial charge < -0.3 is 16.3 Å². The zero-order valence-corrected chi connectivity index (χ0v) is 13.1. The third kappa shape index (κ3) is 2.52. The summed E-state index contributed by atoms with van der Waals surface area (Å²) in [6.45, 7) is 3.96. The minimum Gasteiger partial charge on any atom is -0.409 e. The van der Waals surface area contributed by atoms with Crippen LogP contribution in [0.25, 0.3) is 0 Å². The molecule has 1 aliphatic rings. The molecule has 1 aromatic carbocycles. The molecule has 5 nitrogen and oxygen atoms in total. The number of benzene rings is 1. The van der Waals surface area contributed by atoms with Crippen LogP contribution in [0.3, 0.4) is 0 Å². The second-order valence-electron chi connectivity index (χ2n) is 5.49. The highest BCUT2D eigenvalue weighted by Crippen LogP contribution is 2.46. The molecule has 1 fully saturated rings. The predicted molar refractivity (Wildman–Crippen MR) is 81.7 cm³/mol. The van der Waals surface area contributed by atoms with Gasteiger partial charge in [0.05, 0.1) is 0 Å². The maximum atomic E-state index is 12.5. The molecule has 0 aliphatic heterocycles. The van der Waals surface area contributed by atoms with Gasteiger partial charge in [0.25, 0.3) is 0 Å². The zero-order chi connectivity index (χ0) is 14.9. The molecule has 0 heterocycles. The second-order valence-corrected chi connectivity index (χ2v) is 6.41. The number of hydrogen-bond donors (Lipinski definition) is 3. The first-order valence-electron chi connectivity index (χ1n) is 6.44. The van der Waals surface area contributed by atoms with E-state index in [0.29, 0.717) is 18.8 Å². The zero-order valence-electron chi connectivity index (χ0n) is 11.5. The van der Waals surface area contributed by atoms with Crippen LogP contribution in [0.4, 0.5) is 5.69 Å². The summed E-state index contributed by atoms with van der Waals surface area (Å²) in [5.74, 6) is 0.172. The van der Waals surface area contributed by atoms with Crippen LogP contribution >= 0.6 is 15.9 Å². The molecule has 1 saturated carbocycles. The lowest BCUT2D eigenvalue weighted by Gasteiger charge is -2.43. The lowest BCUT2D eigenvalue weighted by atomic mass is 9.61. The number of carbonyl (C=O) groups excluding carboxylic acids is 1. The van der Waals surface area contributed by atoms with Crippen LogP contribution in [0, 0.1) is 18.3 Å². The molecule has 0 bridgehead atoms. The number of anilines is 1. The van der Waals surface area contributed by atoms with Crippen molar-refractivity contribution in [1.29, 1.82) is 0 Å². The van der Waals surface area contributed by atoms with Crippen LogP contribution in [0.5, 0.6) is 0 Å². The summed E-state index contributed by atoms with van der Waals surface area (Å²) in [4.78, 5) is 12.5. The van der Waals surface area contributed by atoms with Gasteiger partial charge >= 0.3 is 0 Å². The Labute approximate surface area is 126 Å². The summed E-state index contributed by atoms with van der Waals surface area (Å²) in [7, 11) is 0. The number of aryl methyl sites for hydroxylation is 1. The number of amidine groups is 1. The highest BCUT2D eigenvalue weighted by atomic mass is 79.9. The van der Waals surface area contributed by atoms with E-state index in [2.05, 4.69) is 26.4 Å². The fourth-order valence-electron chi connectivity index (χ4n) is 2.75. The van der Waals surface area contributed by atoms with E-state index >= 15 is 0 Å². The molecule has 1 amide bonds. The Balaban J connectivity index is 2.22. The summed E-state index contributed by atoms with van der Waals surface area (Å²) < 4.78 is 0.955. The van der Waals surface area contributed by atoms with E-state index in [9.17, 15) is 4.79 Å². The maximum Gasteiger partial charge on any atom is 0.238 e. The number of oxime groups is 1. The van der Waals surface area contributed by atoms with Gasteiger partial charge in [0.2, 0.25) is 5.91 Å². The molecule has 0 saturated heterocycles. The van der Waals surface area contributed by atoms with Crippen molar-refractivity contribution in [3.63, 3.8) is 0 Å². The van der Waals surface area contributed by atoms with Gasteiger partial charge in [-0.3, -0.25) is 4.79 Å². The molecule has 0 atom stereocenters. The molecule has 2 rings (SSSR count). The van der Waals surface area contributed by atoms with Crippen molar-refractivity contribution in [2.45, 2.75) is 26.7 Å². The minimum atomic E-state index is -0.881. The van der Waals surface area contributed by atoms with E-state index in [1.165, 1.54) is 0 Å². The van der Waals surface area contributed by atoms with Crippen LogP contribution in [0.2, 0.25) is 0 Å². The van der Waals surface area contributed by atoms with Crippen LogP contribution in [-0.2, 0) is 4.79 Å². The van der Waals surface area contributed by atoms with Gasteiger partial charge in [0.15, 0.2) is 5.84 Å². The molecule has 4 N–H and O–H groups in total. The van der Waals surface area contributed by atoms with Crippen LogP contribution in [0.15, 0.2) is 27.8 Å². The van der Waals surface area contributed by atoms with Gasteiger partial charge in [0, 0.05) is 10.2 Å². The number of nitrogens with zero attached hydrogens (tertiary/aromatic N) is 1. The molecular weight excluding hydrogens is 322 g/mol. The Morgan fingerprint density at radius 3 is 2.70 bits per heavy atom. The van der Waals surface area contributed by atoms with Crippen molar-refractivity contribution in [3.05, 3.63) is 28.2 Å². The lowest BCUT2D eigenvalue weighted by Crippen LogP contribution is -2.54. The number of rotatable bonds is 3. The summed E-state index contributed by atoms with van der Waals surface area (Å²) in [5.41, 5.74) is 6.53. The van der Waals surface area contributed by atoms with Crippen molar-refractivity contribution in [1.82, 2.24) is 0 Å². The van der Waals surface area contributed by atoms with E-state index in [1.807, 2.05) is 32.0 Å². The lowest BCUT2D eigenvalue weighted by molar-refractivity contribution is -0.127. The van der Waals surface area contributed by atoms with Crippen molar-refractivity contribution in [2.24, 2.45) is 22.2 Å². The minimum absolute atomic E-state index is 0.0112. The maximum absolute atomic E-state index is 12.5. The fourth-order valence-corrected chi connectivity index (χ4v) is 3.22. The van der Waals surface area contributed by atoms with Gasteiger partial charge in [0.1, 0.15) is 5.41 Å². The largest absolute Gasteiger partial charge is 0.409 e. The molecule has 0 radical (unpaired) electrons. The Kier molecular flexibility index (Phi) is 4.04. The highest BCUT2D eigenvalue weighted by Gasteiger charge is 2.52. The van der Waals surface area contributed by atoms with Gasteiger partial charge in [-0.05, 0) is 49.4 Å². The Bertz CT molecular complexity index is 566. The van der Waals surface area contributed by atoms with Crippen LogP contribution in [-0.4, -0.2) is 17.0 Å². The third-order valence-electron chi connectivity index (χ3n) is 3.86. The average Bonchev–Trinajstić information content (AvgIpc) is 2.37. The second kappa shape index (κ2) is 5.44. The molecular formula is C14H18BrN3O2. The Morgan fingerprint density at radius 2 is 2.20 bits per heavy atom. The summed E-state index contributed by atoms with van der Waals surface area (Å²) in [6, 6.07) is 5.62. The normalized spacial score (nSPS) is 25.9. The van der Waals surface area contributed by atoms with Crippen molar-refractivity contribution < 1.29 is 10.0 Å². The first kappa shape index (κ1) is 14.8. The average molecular weight is 340 g/mol. The highest BCUT2D eigenvalue weighted by molar-refractivity contribution is 9.10. The van der Waals surface area contributed by atoms with Crippen LogP contribution < -0.4 is 11.1 Å². The van der Waals surface area contributed by atoms with E-state index in [-0.39, 0.29) is 11.7 Å². The smallest absolute Gasteiger partial charge is 0.238 e. The SMILES string of the molecule is Cc1cc(Br)ccc1NC(=O)C1(/C(N)=N/O)CC(C)C1. The van der Waals surface area contributed by atoms with Gasteiger partial charge in [-0.15, -0.1) is 0 Å². The molecule has 108 valence electrons. The topological polar surface area (TPSA) is 87.7 Å². The monoisotopic (exact) mass is 339 g/mol. The number of nitrogens with two attached hydrogens (primary N) is 1.